The first-order chi connectivity index (χ1) is 12.5. The predicted molar refractivity (Wildman–Crippen MR) is 97.1 cm³/mol. The maximum Gasteiger partial charge on any atom is 0.254 e. The molecule has 3 aromatic rings. The van der Waals surface area contributed by atoms with Crippen LogP contribution in [0, 0.1) is 5.92 Å². The van der Waals surface area contributed by atoms with E-state index in [-0.39, 0.29) is 11.8 Å². The van der Waals surface area contributed by atoms with E-state index < -0.39 is 11.9 Å². The first-order valence-electron chi connectivity index (χ1n) is 8.53. The molecule has 0 spiro atoms. The van der Waals surface area contributed by atoms with Gasteiger partial charge in [-0.25, -0.2) is 4.98 Å². The van der Waals surface area contributed by atoms with Crippen molar-refractivity contribution in [2.45, 2.75) is 19.4 Å². The van der Waals surface area contributed by atoms with Gasteiger partial charge in [-0.1, -0.05) is 6.92 Å². The summed E-state index contributed by atoms with van der Waals surface area (Å²) in [5.41, 5.74) is 8.45. The Morgan fingerprint density at radius 3 is 2.73 bits per heavy atom. The van der Waals surface area contributed by atoms with Crippen LogP contribution in [-0.4, -0.2) is 44.3 Å². The van der Waals surface area contributed by atoms with Crippen molar-refractivity contribution in [2.75, 3.05) is 6.54 Å². The Labute approximate surface area is 150 Å². The Balaban J connectivity index is 1.67. The number of carbonyl (C=O) groups is 2. The number of aromatic amines is 1. The van der Waals surface area contributed by atoms with Gasteiger partial charge < -0.3 is 15.6 Å². The van der Waals surface area contributed by atoms with E-state index >= 15 is 0 Å². The van der Waals surface area contributed by atoms with Crippen molar-refractivity contribution in [3.05, 3.63) is 48.3 Å². The summed E-state index contributed by atoms with van der Waals surface area (Å²) in [5.74, 6) is 0.341. The molecule has 2 aromatic heterocycles. The second kappa shape index (κ2) is 6.25. The number of nitrogens with one attached hydrogen (secondary N) is 1. The first-order valence-corrected chi connectivity index (χ1v) is 8.53. The molecule has 0 bridgehead atoms. The number of aromatic nitrogens is 3. The van der Waals surface area contributed by atoms with Crippen LogP contribution in [0.15, 0.2) is 42.7 Å². The van der Waals surface area contributed by atoms with Crippen LogP contribution in [0.25, 0.3) is 22.4 Å². The molecule has 7 heteroatoms. The van der Waals surface area contributed by atoms with Gasteiger partial charge in [0, 0.05) is 30.1 Å². The molecule has 1 fully saturated rings. The quantitative estimate of drug-likeness (QED) is 0.754. The lowest BCUT2D eigenvalue weighted by Gasteiger charge is -2.22. The number of likely N-dealkylation sites (tertiary alicyclic amines) is 1. The first kappa shape index (κ1) is 16.3. The monoisotopic (exact) mass is 349 g/mol. The van der Waals surface area contributed by atoms with Gasteiger partial charge in [0.05, 0.1) is 11.0 Å². The fraction of sp³-hybridized carbons (Fsp3) is 0.263. The van der Waals surface area contributed by atoms with Crippen molar-refractivity contribution in [1.29, 1.82) is 0 Å². The third-order valence-electron chi connectivity index (χ3n) is 4.78. The fourth-order valence-corrected chi connectivity index (χ4v) is 3.50. The van der Waals surface area contributed by atoms with Crippen molar-refractivity contribution in [3.8, 4) is 11.4 Å². The number of hydrogen-bond donors (Lipinski definition) is 2. The van der Waals surface area contributed by atoms with Gasteiger partial charge in [-0.2, -0.15) is 0 Å². The Hall–Kier alpha value is -3.22. The van der Waals surface area contributed by atoms with E-state index in [1.54, 1.807) is 29.4 Å². The summed E-state index contributed by atoms with van der Waals surface area (Å²) in [5, 5.41) is 0. The second-order valence-corrected chi connectivity index (χ2v) is 6.77. The zero-order valence-corrected chi connectivity index (χ0v) is 14.3. The van der Waals surface area contributed by atoms with Crippen LogP contribution in [0.4, 0.5) is 0 Å². The number of pyridine rings is 1. The molecule has 1 aliphatic heterocycles. The molecule has 0 radical (unpaired) electrons. The average Bonchev–Trinajstić information content (AvgIpc) is 3.24. The summed E-state index contributed by atoms with van der Waals surface area (Å²) in [4.78, 5) is 38.0. The van der Waals surface area contributed by atoms with Gasteiger partial charge in [0.2, 0.25) is 5.91 Å². The number of nitrogens with two attached hydrogens (primary N) is 1. The standard InChI is InChI=1S/C19H19N5O2/c1-11-8-16(17(20)25)24(10-11)19(26)13-2-3-14-15(9-13)23-18(22-14)12-4-6-21-7-5-12/h2-7,9,11,16H,8,10H2,1H3,(H2,20,25)(H,22,23)/t11?,16-/m0/s1. The lowest BCUT2D eigenvalue weighted by atomic mass is 10.1. The van der Waals surface area contributed by atoms with E-state index in [9.17, 15) is 9.59 Å². The van der Waals surface area contributed by atoms with Crippen LogP contribution < -0.4 is 5.73 Å². The zero-order valence-electron chi connectivity index (χ0n) is 14.3. The van der Waals surface area contributed by atoms with Crippen LogP contribution in [-0.2, 0) is 4.79 Å². The van der Waals surface area contributed by atoms with Gasteiger partial charge in [0.15, 0.2) is 0 Å². The van der Waals surface area contributed by atoms with Crippen molar-refractivity contribution < 1.29 is 9.59 Å². The molecule has 1 aromatic carbocycles. The number of hydrogen-bond acceptors (Lipinski definition) is 4. The Morgan fingerprint density at radius 2 is 2.00 bits per heavy atom. The molecule has 1 aliphatic rings. The van der Waals surface area contributed by atoms with Crippen LogP contribution in [0.2, 0.25) is 0 Å². The number of imidazole rings is 1. The maximum absolute atomic E-state index is 12.9. The number of H-pyrrole nitrogens is 1. The molecule has 26 heavy (non-hydrogen) atoms. The summed E-state index contributed by atoms with van der Waals surface area (Å²) in [7, 11) is 0. The van der Waals surface area contributed by atoms with Crippen LogP contribution in [0.3, 0.4) is 0 Å². The SMILES string of the molecule is CC1C[C@@H](C(N)=O)N(C(=O)c2ccc3nc(-c4ccncc4)[nH]c3c2)C1. The lowest BCUT2D eigenvalue weighted by molar-refractivity contribution is -0.121. The molecular formula is C19H19N5O2. The summed E-state index contributed by atoms with van der Waals surface area (Å²) >= 11 is 0. The zero-order chi connectivity index (χ0) is 18.3. The molecule has 132 valence electrons. The van der Waals surface area contributed by atoms with Crippen LogP contribution in [0.5, 0.6) is 0 Å². The number of rotatable bonds is 3. The molecule has 3 N–H and O–H groups in total. The van der Waals surface area contributed by atoms with E-state index in [0.717, 1.165) is 22.4 Å². The minimum atomic E-state index is -0.539. The van der Waals surface area contributed by atoms with Crippen molar-refractivity contribution in [3.63, 3.8) is 0 Å². The Bertz CT molecular complexity index is 982. The summed E-state index contributed by atoms with van der Waals surface area (Å²) in [6.45, 7) is 2.55. The van der Waals surface area contributed by atoms with Gasteiger partial charge in [-0.3, -0.25) is 14.6 Å². The third kappa shape index (κ3) is 2.81. The second-order valence-electron chi connectivity index (χ2n) is 6.77. The number of nitrogens with zero attached hydrogens (tertiary/aromatic N) is 3. The van der Waals surface area contributed by atoms with Gasteiger partial charge in [0.1, 0.15) is 11.9 Å². The van der Waals surface area contributed by atoms with Gasteiger partial charge in [-0.15, -0.1) is 0 Å². The van der Waals surface area contributed by atoms with E-state index in [4.69, 9.17) is 5.73 Å². The van der Waals surface area contributed by atoms with E-state index in [1.807, 2.05) is 25.1 Å². The number of primary amides is 1. The van der Waals surface area contributed by atoms with Crippen LogP contribution >= 0.6 is 0 Å². The highest BCUT2D eigenvalue weighted by atomic mass is 16.2. The smallest absolute Gasteiger partial charge is 0.254 e. The highest BCUT2D eigenvalue weighted by Gasteiger charge is 2.37. The molecule has 0 saturated carbocycles. The average molecular weight is 349 g/mol. The van der Waals surface area contributed by atoms with Crippen molar-refractivity contribution in [1.82, 2.24) is 19.9 Å². The largest absolute Gasteiger partial charge is 0.368 e. The van der Waals surface area contributed by atoms with E-state index in [2.05, 4.69) is 15.0 Å². The molecular weight excluding hydrogens is 330 g/mol. The molecule has 1 unspecified atom stereocenters. The minimum absolute atomic E-state index is 0.180. The number of benzene rings is 1. The maximum atomic E-state index is 12.9. The van der Waals surface area contributed by atoms with E-state index in [0.29, 0.717) is 18.5 Å². The molecule has 2 amide bonds. The normalized spacial score (nSPS) is 19.8. The van der Waals surface area contributed by atoms with Gasteiger partial charge in [-0.05, 0) is 42.7 Å². The summed E-state index contributed by atoms with van der Waals surface area (Å²) in [6, 6.07) is 8.52. The summed E-state index contributed by atoms with van der Waals surface area (Å²) < 4.78 is 0. The van der Waals surface area contributed by atoms with Gasteiger partial charge >= 0.3 is 0 Å². The number of fused-ring (bicyclic) bond motifs is 1. The molecule has 7 nitrogen and oxygen atoms in total. The predicted octanol–water partition coefficient (Wildman–Crippen LogP) is 1.96. The summed E-state index contributed by atoms with van der Waals surface area (Å²) in [6.07, 6.45) is 4.02. The number of amides is 2. The highest BCUT2D eigenvalue weighted by molar-refractivity contribution is 6.00. The van der Waals surface area contributed by atoms with E-state index in [1.165, 1.54) is 0 Å². The Kier molecular flexibility index (Phi) is 3.91. The highest BCUT2D eigenvalue weighted by Crippen LogP contribution is 2.26. The molecule has 1 saturated heterocycles. The van der Waals surface area contributed by atoms with Crippen LogP contribution in [0.1, 0.15) is 23.7 Å². The minimum Gasteiger partial charge on any atom is -0.368 e. The molecule has 4 rings (SSSR count). The van der Waals surface area contributed by atoms with Gasteiger partial charge in [0.25, 0.3) is 5.91 Å². The van der Waals surface area contributed by atoms with Crippen molar-refractivity contribution in [2.24, 2.45) is 11.7 Å². The molecule has 3 heterocycles. The molecule has 2 atom stereocenters. The third-order valence-corrected chi connectivity index (χ3v) is 4.78. The fourth-order valence-electron chi connectivity index (χ4n) is 3.50. The Morgan fingerprint density at radius 1 is 1.23 bits per heavy atom. The van der Waals surface area contributed by atoms with Crippen molar-refractivity contribution >= 4 is 22.8 Å². The number of carbonyl (C=O) groups excluding carboxylic acids is 2. The topological polar surface area (TPSA) is 105 Å². The lowest BCUT2D eigenvalue weighted by Crippen LogP contribution is -2.43. The molecule has 0 aliphatic carbocycles.